The Kier molecular flexibility index (Phi) is 3.58. The van der Waals surface area contributed by atoms with Gasteiger partial charge in [0.05, 0.1) is 11.7 Å². The van der Waals surface area contributed by atoms with E-state index in [1.165, 1.54) is 11.8 Å². The predicted octanol–water partition coefficient (Wildman–Crippen LogP) is 1.70. The van der Waals surface area contributed by atoms with Crippen LogP contribution in [0.4, 0.5) is 18.9 Å². The number of nitrogens with one attached hydrogen (secondary N) is 2. The van der Waals surface area contributed by atoms with Crippen LogP contribution in [0.3, 0.4) is 0 Å². The summed E-state index contributed by atoms with van der Waals surface area (Å²) in [4.78, 5) is 11.6. The molecule has 3 nitrogen and oxygen atoms in total. The Morgan fingerprint density at radius 1 is 1.41 bits per heavy atom. The molecule has 1 aliphatic rings. The van der Waals surface area contributed by atoms with Crippen LogP contribution < -0.4 is 10.6 Å². The van der Waals surface area contributed by atoms with Gasteiger partial charge >= 0.3 is 0 Å². The van der Waals surface area contributed by atoms with Crippen LogP contribution in [0.1, 0.15) is 0 Å². The molecule has 1 unspecified atom stereocenters. The summed E-state index contributed by atoms with van der Waals surface area (Å²) in [7, 11) is 0. The minimum absolute atomic E-state index is 0.425. The second kappa shape index (κ2) is 4.97. The molecule has 1 amide bonds. The average Bonchev–Trinajstić information content (AvgIpc) is 2.78. The second-order valence-corrected chi connectivity index (χ2v) is 4.54. The molecule has 1 saturated heterocycles. The van der Waals surface area contributed by atoms with Gasteiger partial charge in [-0.3, -0.25) is 10.1 Å². The molecule has 92 valence electrons. The van der Waals surface area contributed by atoms with Crippen LogP contribution in [0.2, 0.25) is 0 Å². The lowest BCUT2D eigenvalue weighted by Gasteiger charge is -2.11. The Morgan fingerprint density at radius 2 is 2.18 bits per heavy atom. The summed E-state index contributed by atoms with van der Waals surface area (Å²) in [6.07, 6.45) is 0. The monoisotopic (exact) mass is 262 g/mol. The number of rotatable bonds is 2. The van der Waals surface area contributed by atoms with Crippen LogP contribution in [-0.2, 0) is 4.79 Å². The lowest BCUT2D eigenvalue weighted by atomic mass is 10.2. The van der Waals surface area contributed by atoms with Gasteiger partial charge < -0.3 is 5.32 Å². The van der Waals surface area contributed by atoms with Crippen molar-refractivity contribution in [2.24, 2.45) is 0 Å². The zero-order valence-corrected chi connectivity index (χ0v) is 9.41. The van der Waals surface area contributed by atoms with E-state index in [0.717, 1.165) is 6.07 Å². The van der Waals surface area contributed by atoms with Gasteiger partial charge in [-0.15, -0.1) is 11.8 Å². The first-order chi connectivity index (χ1) is 8.08. The number of amides is 1. The standard InChI is InChI=1S/C10H9F3N2OS/c11-5-1-6(12)9(13)7(2-5)15-10(16)8-3-17-4-14-8/h1-2,8,14H,3-4H2,(H,15,16). The van der Waals surface area contributed by atoms with Crippen molar-refractivity contribution in [2.75, 3.05) is 16.9 Å². The third-order valence-corrected chi connectivity index (χ3v) is 3.22. The zero-order chi connectivity index (χ0) is 12.4. The number of hydrogen-bond donors (Lipinski definition) is 2. The number of benzene rings is 1. The summed E-state index contributed by atoms with van der Waals surface area (Å²) in [5, 5.41) is 5.03. The van der Waals surface area contributed by atoms with Crippen molar-refractivity contribution >= 4 is 23.4 Å². The van der Waals surface area contributed by atoms with Gasteiger partial charge in [-0.2, -0.15) is 0 Å². The Balaban J connectivity index is 2.15. The van der Waals surface area contributed by atoms with E-state index in [2.05, 4.69) is 10.6 Å². The first-order valence-corrected chi connectivity index (χ1v) is 6.00. The smallest absolute Gasteiger partial charge is 0.242 e. The molecule has 2 N–H and O–H groups in total. The van der Waals surface area contributed by atoms with Crippen molar-refractivity contribution in [3.05, 3.63) is 29.6 Å². The highest BCUT2D eigenvalue weighted by molar-refractivity contribution is 7.99. The third-order valence-electron chi connectivity index (χ3n) is 2.28. The van der Waals surface area contributed by atoms with Gasteiger partial charge in [0, 0.05) is 23.8 Å². The number of carbonyl (C=O) groups excluding carboxylic acids is 1. The maximum atomic E-state index is 13.2. The molecule has 0 saturated carbocycles. The van der Waals surface area contributed by atoms with Gasteiger partial charge in [0.15, 0.2) is 11.6 Å². The van der Waals surface area contributed by atoms with Crippen LogP contribution in [0.25, 0.3) is 0 Å². The van der Waals surface area contributed by atoms with E-state index in [9.17, 15) is 18.0 Å². The molecule has 0 radical (unpaired) electrons. The van der Waals surface area contributed by atoms with E-state index in [0.29, 0.717) is 17.7 Å². The van der Waals surface area contributed by atoms with Gasteiger partial charge in [-0.25, -0.2) is 13.2 Å². The Morgan fingerprint density at radius 3 is 2.82 bits per heavy atom. The maximum Gasteiger partial charge on any atom is 0.242 e. The van der Waals surface area contributed by atoms with E-state index in [1.54, 1.807) is 0 Å². The lowest BCUT2D eigenvalue weighted by molar-refractivity contribution is -0.117. The third kappa shape index (κ3) is 2.73. The van der Waals surface area contributed by atoms with E-state index in [4.69, 9.17) is 0 Å². The Bertz CT molecular complexity index is 449. The summed E-state index contributed by atoms with van der Waals surface area (Å²) in [6.45, 7) is 0. The molecule has 2 rings (SSSR count). The predicted molar refractivity (Wildman–Crippen MR) is 59.2 cm³/mol. The molecular weight excluding hydrogens is 253 g/mol. The highest BCUT2D eigenvalue weighted by Crippen LogP contribution is 2.20. The Hall–Kier alpha value is -1.21. The molecule has 1 fully saturated rings. The summed E-state index contributed by atoms with van der Waals surface area (Å²) in [6, 6.07) is 0.707. The molecule has 1 aliphatic heterocycles. The van der Waals surface area contributed by atoms with Gasteiger partial charge in [0.1, 0.15) is 5.82 Å². The molecule has 0 aromatic heterocycles. The number of thioether (sulfide) groups is 1. The highest BCUT2D eigenvalue weighted by Gasteiger charge is 2.24. The normalized spacial score (nSPS) is 19.4. The molecule has 17 heavy (non-hydrogen) atoms. The lowest BCUT2D eigenvalue weighted by Crippen LogP contribution is -2.37. The number of anilines is 1. The minimum atomic E-state index is -1.32. The Labute approximate surface area is 99.8 Å². The molecule has 0 aliphatic carbocycles. The van der Waals surface area contributed by atoms with E-state index in [-0.39, 0.29) is 0 Å². The van der Waals surface area contributed by atoms with Crippen molar-refractivity contribution in [3.63, 3.8) is 0 Å². The molecule has 1 atom stereocenters. The summed E-state index contributed by atoms with van der Waals surface area (Å²) in [5.74, 6) is -2.85. The SMILES string of the molecule is O=C(Nc1cc(F)cc(F)c1F)C1CSCN1. The highest BCUT2D eigenvalue weighted by atomic mass is 32.2. The minimum Gasteiger partial charge on any atom is -0.322 e. The van der Waals surface area contributed by atoms with Crippen molar-refractivity contribution < 1.29 is 18.0 Å². The van der Waals surface area contributed by atoms with Gasteiger partial charge in [0.2, 0.25) is 5.91 Å². The molecule has 0 spiro atoms. The summed E-state index contributed by atoms with van der Waals surface area (Å²) < 4.78 is 39.0. The van der Waals surface area contributed by atoms with Crippen molar-refractivity contribution in [1.82, 2.24) is 5.32 Å². The molecule has 0 bridgehead atoms. The van der Waals surface area contributed by atoms with Crippen molar-refractivity contribution in [2.45, 2.75) is 6.04 Å². The topological polar surface area (TPSA) is 41.1 Å². The number of halogens is 3. The molecule has 1 aromatic carbocycles. The van der Waals surface area contributed by atoms with Crippen LogP contribution in [0, 0.1) is 17.5 Å². The fourth-order valence-corrected chi connectivity index (χ4v) is 2.37. The van der Waals surface area contributed by atoms with Crippen molar-refractivity contribution in [1.29, 1.82) is 0 Å². The van der Waals surface area contributed by atoms with Gasteiger partial charge in [-0.05, 0) is 0 Å². The van der Waals surface area contributed by atoms with Crippen LogP contribution in [-0.4, -0.2) is 23.6 Å². The molecule has 1 aromatic rings. The van der Waals surface area contributed by atoms with Gasteiger partial charge in [-0.1, -0.05) is 0 Å². The number of carbonyl (C=O) groups is 1. The first-order valence-electron chi connectivity index (χ1n) is 4.84. The largest absolute Gasteiger partial charge is 0.322 e. The first kappa shape index (κ1) is 12.3. The van der Waals surface area contributed by atoms with E-state index in [1.807, 2.05) is 0 Å². The quantitative estimate of drug-likeness (QED) is 0.797. The molecular formula is C10H9F3N2OS. The summed E-state index contributed by atoms with van der Waals surface area (Å²) >= 11 is 1.52. The summed E-state index contributed by atoms with van der Waals surface area (Å²) in [5.41, 5.74) is -0.480. The number of hydrogen-bond acceptors (Lipinski definition) is 3. The maximum absolute atomic E-state index is 13.2. The molecule has 7 heteroatoms. The molecule has 1 heterocycles. The van der Waals surface area contributed by atoms with E-state index < -0.39 is 35.1 Å². The van der Waals surface area contributed by atoms with Crippen LogP contribution >= 0.6 is 11.8 Å². The fourth-order valence-electron chi connectivity index (χ4n) is 1.43. The van der Waals surface area contributed by atoms with Crippen molar-refractivity contribution in [3.8, 4) is 0 Å². The van der Waals surface area contributed by atoms with Crippen LogP contribution in [0.15, 0.2) is 12.1 Å². The fraction of sp³-hybridized carbons (Fsp3) is 0.300. The average molecular weight is 262 g/mol. The second-order valence-electron chi connectivity index (χ2n) is 3.51. The van der Waals surface area contributed by atoms with Crippen LogP contribution in [0.5, 0.6) is 0 Å². The van der Waals surface area contributed by atoms with Gasteiger partial charge in [0.25, 0.3) is 0 Å². The van der Waals surface area contributed by atoms with E-state index >= 15 is 0 Å². The zero-order valence-electron chi connectivity index (χ0n) is 8.60.